The minimum atomic E-state index is -1.05. The molecule has 1 aromatic carbocycles. The molecule has 0 unspecified atom stereocenters. The van der Waals surface area contributed by atoms with E-state index in [-0.39, 0.29) is 11.5 Å². The number of carboxylic acids is 1. The van der Waals surface area contributed by atoms with Gasteiger partial charge in [0.1, 0.15) is 11.5 Å². The number of nitrogens with zero attached hydrogens (tertiary/aromatic N) is 1. The lowest BCUT2D eigenvalue weighted by Gasteiger charge is -2.02. The van der Waals surface area contributed by atoms with Crippen LogP contribution in [0.2, 0.25) is 5.02 Å². The molecule has 108 valence electrons. The molecule has 0 fully saturated rings. The van der Waals surface area contributed by atoms with Crippen LogP contribution in [0.5, 0.6) is 0 Å². The predicted molar refractivity (Wildman–Crippen MR) is 77.5 cm³/mol. The number of carbonyl (C=O) groups is 2. The van der Waals surface area contributed by atoms with Crippen LogP contribution in [0, 0.1) is 0 Å². The third-order valence-electron chi connectivity index (χ3n) is 2.52. The fraction of sp³-hybridized carbons (Fsp3) is 0.0714. The number of carboxylic acid groups (broad SMARTS) is 1. The molecule has 1 aromatic heterocycles. The Bertz CT molecular complexity index is 722. The Hall–Kier alpha value is -2.60. The Morgan fingerprint density at radius 1 is 1.33 bits per heavy atom. The van der Waals surface area contributed by atoms with Crippen molar-refractivity contribution in [1.82, 2.24) is 5.43 Å². The molecule has 2 rings (SSSR count). The summed E-state index contributed by atoms with van der Waals surface area (Å²) < 4.78 is 5.49. The highest BCUT2D eigenvalue weighted by Crippen LogP contribution is 2.30. The summed E-state index contributed by atoms with van der Waals surface area (Å²) in [7, 11) is 0. The van der Waals surface area contributed by atoms with Gasteiger partial charge in [-0.05, 0) is 30.3 Å². The van der Waals surface area contributed by atoms with Crippen molar-refractivity contribution in [2.45, 2.75) is 6.92 Å². The fourth-order valence-corrected chi connectivity index (χ4v) is 1.81. The van der Waals surface area contributed by atoms with Gasteiger partial charge in [-0.3, -0.25) is 4.79 Å². The lowest BCUT2D eigenvalue weighted by molar-refractivity contribution is -0.118. The summed E-state index contributed by atoms with van der Waals surface area (Å²) in [6.07, 6.45) is 1.33. The van der Waals surface area contributed by atoms with E-state index in [1.165, 1.54) is 31.3 Å². The van der Waals surface area contributed by atoms with Crippen LogP contribution in [0.3, 0.4) is 0 Å². The van der Waals surface area contributed by atoms with Gasteiger partial charge < -0.3 is 9.52 Å². The zero-order chi connectivity index (χ0) is 15.4. The van der Waals surface area contributed by atoms with Crippen LogP contribution in [0.15, 0.2) is 39.9 Å². The summed E-state index contributed by atoms with van der Waals surface area (Å²) >= 11 is 6.05. The second kappa shape index (κ2) is 6.23. The topological polar surface area (TPSA) is 91.9 Å². The summed E-state index contributed by atoms with van der Waals surface area (Å²) in [6, 6.07) is 7.61. The first-order valence-electron chi connectivity index (χ1n) is 5.90. The maximum Gasteiger partial charge on any atom is 0.335 e. The number of carbonyl (C=O) groups excluding carboxylic acids is 1. The molecular formula is C14H11ClN2O4. The molecule has 0 aliphatic heterocycles. The molecule has 1 heterocycles. The van der Waals surface area contributed by atoms with Crippen LogP contribution >= 0.6 is 11.6 Å². The zero-order valence-corrected chi connectivity index (χ0v) is 11.7. The third-order valence-corrected chi connectivity index (χ3v) is 2.85. The number of hydrogen-bond acceptors (Lipinski definition) is 4. The van der Waals surface area contributed by atoms with Gasteiger partial charge in [-0.1, -0.05) is 11.6 Å². The molecule has 0 aliphatic carbocycles. The van der Waals surface area contributed by atoms with E-state index in [0.29, 0.717) is 22.1 Å². The Labute approximate surface area is 125 Å². The van der Waals surface area contributed by atoms with Gasteiger partial charge in [0.05, 0.1) is 16.8 Å². The second-order valence-corrected chi connectivity index (χ2v) is 4.54. The fourth-order valence-electron chi connectivity index (χ4n) is 1.60. The maximum absolute atomic E-state index is 11.0. The minimum Gasteiger partial charge on any atom is -0.478 e. The smallest absolute Gasteiger partial charge is 0.335 e. The third kappa shape index (κ3) is 3.70. The van der Waals surface area contributed by atoms with Gasteiger partial charge in [0.2, 0.25) is 5.91 Å². The zero-order valence-electron chi connectivity index (χ0n) is 11.0. The molecule has 21 heavy (non-hydrogen) atoms. The van der Waals surface area contributed by atoms with E-state index >= 15 is 0 Å². The van der Waals surface area contributed by atoms with Crippen molar-refractivity contribution in [1.29, 1.82) is 0 Å². The van der Waals surface area contributed by atoms with Crippen LogP contribution in [0.4, 0.5) is 0 Å². The van der Waals surface area contributed by atoms with Gasteiger partial charge in [0, 0.05) is 12.5 Å². The van der Waals surface area contributed by atoms with Crippen molar-refractivity contribution in [3.8, 4) is 11.3 Å². The molecule has 0 bridgehead atoms. The average Bonchev–Trinajstić information content (AvgIpc) is 2.87. The number of hydrazone groups is 1. The van der Waals surface area contributed by atoms with E-state index in [1.54, 1.807) is 12.1 Å². The highest BCUT2D eigenvalue weighted by Gasteiger charge is 2.12. The number of aromatic carboxylic acids is 1. The molecule has 7 heteroatoms. The maximum atomic E-state index is 11.0. The van der Waals surface area contributed by atoms with Gasteiger partial charge in [-0.25, -0.2) is 10.2 Å². The Morgan fingerprint density at radius 3 is 2.76 bits per heavy atom. The SMILES string of the molecule is CC(=O)N/N=C\c1ccc(-c2cc(C(=O)O)ccc2Cl)o1. The summed E-state index contributed by atoms with van der Waals surface area (Å²) in [5, 5.41) is 13.0. The number of hydrogen-bond donors (Lipinski definition) is 2. The number of amides is 1. The van der Waals surface area contributed by atoms with Crippen LogP contribution in [0.1, 0.15) is 23.0 Å². The summed E-state index contributed by atoms with van der Waals surface area (Å²) in [6.45, 7) is 1.34. The standard InChI is InChI=1S/C14H11ClN2O4/c1-8(18)17-16-7-10-3-5-13(21-10)11-6-9(14(19)20)2-4-12(11)15/h2-7H,1H3,(H,17,18)(H,19,20)/b16-7-. The van der Waals surface area contributed by atoms with E-state index in [2.05, 4.69) is 10.5 Å². The predicted octanol–water partition coefficient (Wildman–Crippen LogP) is 2.77. The van der Waals surface area contributed by atoms with Crippen molar-refractivity contribution >= 4 is 29.7 Å². The number of furan rings is 1. The molecule has 0 spiro atoms. The van der Waals surface area contributed by atoms with Gasteiger partial charge in [-0.2, -0.15) is 5.10 Å². The molecule has 2 aromatic rings. The van der Waals surface area contributed by atoms with Crippen LogP contribution in [0.25, 0.3) is 11.3 Å². The lowest BCUT2D eigenvalue weighted by Crippen LogP contribution is -2.12. The van der Waals surface area contributed by atoms with E-state index in [1.807, 2.05) is 0 Å². The molecule has 0 saturated heterocycles. The number of benzene rings is 1. The minimum absolute atomic E-state index is 0.110. The average molecular weight is 307 g/mol. The molecule has 0 atom stereocenters. The lowest BCUT2D eigenvalue weighted by atomic mass is 10.1. The normalized spacial score (nSPS) is 10.8. The number of halogens is 1. The summed E-state index contributed by atoms with van der Waals surface area (Å²) in [5.74, 6) is -0.537. The Balaban J connectivity index is 2.29. The van der Waals surface area contributed by atoms with Gasteiger partial charge in [0.15, 0.2) is 0 Å². The van der Waals surface area contributed by atoms with E-state index < -0.39 is 5.97 Å². The van der Waals surface area contributed by atoms with Crippen molar-refractivity contribution in [3.63, 3.8) is 0 Å². The quantitative estimate of drug-likeness (QED) is 0.671. The first-order chi connectivity index (χ1) is 9.97. The first-order valence-corrected chi connectivity index (χ1v) is 6.28. The van der Waals surface area contributed by atoms with Gasteiger partial charge in [-0.15, -0.1) is 0 Å². The van der Waals surface area contributed by atoms with Crippen LogP contribution in [-0.4, -0.2) is 23.2 Å². The highest BCUT2D eigenvalue weighted by atomic mass is 35.5. The molecule has 0 radical (unpaired) electrons. The molecule has 1 amide bonds. The van der Waals surface area contributed by atoms with Crippen LogP contribution < -0.4 is 5.43 Å². The molecular weight excluding hydrogens is 296 g/mol. The van der Waals surface area contributed by atoms with Crippen molar-refractivity contribution in [2.24, 2.45) is 5.10 Å². The number of rotatable bonds is 4. The molecule has 6 nitrogen and oxygen atoms in total. The van der Waals surface area contributed by atoms with E-state index in [0.717, 1.165) is 0 Å². The second-order valence-electron chi connectivity index (χ2n) is 4.13. The van der Waals surface area contributed by atoms with Crippen molar-refractivity contribution in [3.05, 3.63) is 46.7 Å². The first kappa shape index (κ1) is 14.8. The van der Waals surface area contributed by atoms with E-state index in [9.17, 15) is 9.59 Å². The highest BCUT2D eigenvalue weighted by molar-refractivity contribution is 6.33. The summed E-state index contributed by atoms with van der Waals surface area (Å²) in [5.41, 5.74) is 2.82. The molecule has 2 N–H and O–H groups in total. The van der Waals surface area contributed by atoms with Crippen LogP contribution in [-0.2, 0) is 4.79 Å². The monoisotopic (exact) mass is 306 g/mol. The van der Waals surface area contributed by atoms with Gasteiger partial charge in [0.25, 0.3) is 0 Å². The molecule has 0 aliphatic rings. The summed E-state index contributed by atoms with van der Waals surface area (Å²) in [4.78, 5) is 21.6. The van der Waals surface area contributed by atoms with Crippen molar-refractivity contribution < 1.29 is 19.1 Å². The Morgan fingerprint density at radius 2 is 2.10 bits per heavy atom. The molecule has 0 saturated carbocycles. The van der Waals surface area contributed by atoms with Gasteiger partial charge >= 0.3 is 5.97 Å². The Kier molecular flexibility index (Phi) is 4.39. The van der Waals surface area contributed by atoms with E-state index in [4.69, 9.17) is 21.1 Å². The number of nitrogens with one attached hydrogen (secondary N) is 1. The van der Waals surface area contributed by atoms with Crippen molar-refractivity contribution in [2.75, 3.05) is 0 Å². The largest absolute Gasteiger partial charge is 0.478 e.